The van der Waals surface area contributed by atoms with Crippen LogP contribution in [0.1, 0.15) is 23.6 Å². The number of fused-ring (bicyclic) bond motifs is 1. The number of nitrogens with zero attached hydrogens (tertiary/aromatic N) is 4. The molecule has 3 aromatic rings. The number of aromatic nitrogens is 3. The third kappa shape index (κ3) is 3.72. The van der Waals surface area contributed by atoms with E-state index in [0.29, 0.717) is 12.4 Å². The topological polar surface area (TPSA) is 89.2 Å². The molecular formula is C18H16FN5O2S. The summed E-state index contributed by atoms with van der Waals surface area (Å²) in [4.78, 5) is 8.76. The quantitative estimate of drug-likeness (QED) is 0.748. The highest BCUT2D eigenvalue weighted by Gasteiger charge is 2.28. The number of hydrogen-bond donors (Lipinski definition) is 1. The van der Waals surface area contributed by atoms with Crippen LogP contribution in [0.5, 0.6) is 0 Å². The number of benzene rings is 2. The van der Waals surface area contributed by atoms with Crippen LogP contribution in [-0.2, 0) is 10.0 Å². The van der Waals surface area contributed by atoms with E-state index in [0.717, 1.165) is 23.1 Å². The third-order valence-corrected chi connectivity index (χ3v) is 4.72. The highest BCUT2D eigenvalue weighted by Crippen LogP contribution is 2.33. The number of hydrogen-bond acceptors (Lipinski definition) is 5. The Morgan fingerprint density at radius 2 is 1.81 bits per heavy atom. The lowest BCUT2D eigenvalue weighted by Gasteiger charge is -2.23. The van der Waals surface area contributed by atoms with Gasteiger partial charge in [0.1, 0.15) is 5.82 Å². The van der Waals surface area contributed by atoms with Gasteiger partial charge in [0.25, 0.3) is 11.9 Å². The largest absolute Gasteiger partial charge is 0.257 e. The molecule has 0 amide bonds. The van der Waals surface area contributed by atoms with Gasteiger partial charge < -0.3 is 0 Å². The van der Waals surface area contributed by atoms with Crippen LogP contribution in [0, 0.1) is 5.82 Å². The van der Waals surface area contributed by atoms with E-state index in [9.17, 15) is 12.8 Å². The molecule has 1 aliphatic rings. The van der Waals surface area contributed by atoms with Crippen molar-refractivity contribution >= 4 is 27.6 Å². The van der Waals surface area contributed by atoms with E-state index in [1.165, 1.54) is 12.1 Å². The summed E-state index contributed by atoms with van der Waals surface area (Å²) in [5.74, 6) is -0.0805. The molecule has 0 aliphatic carbocycles. The van der Waals surface area contributed by atoms with E-state index in [2.05, 4.69) is 19.8 Å². The maximum Gasteiger partial charge on any atom is 0.257 e. The van der Waals surface area contributed by atoms with Gasteiger partial charge in [0.15, 0.2) is 0 Å². The predicted octanol–water partition coefficient (Wildman–Crippen LogP) is 2.90. The van der Waals surface area contributed by atoms with Crippen molar-refractivity contribution in [3.05, 3.63) is 71.5 Å². The molecular weight excluding hydrogens is 369 g/mol. The summed E-state index contributed by atoms with van der Waals surface area (Å²) in [6, 6.07) is 15.5. The first-order chi connectivity index (χ1) is 12.9. The number of anilines is 1. The minimum Gasteiger partial charge on any atom is -0.250 e. The molecule has 138 valence electrons. The monoisotopic (exact) mass is 385 g/mol. The molecule has 0 radical (unpaired) electrons. The van der Waals surface area contributed by atoms with Crippen molar-refractivity contribution < 1.29 is 12.8 Å². The van der Waals surface area contributed by atoms with Crippen molar-refractivity contribution in [2.75, 3.05) is 11.0 Å². The Balaban J connectivity index is 1.81. The zero-order chi connectivity index (χ0) is 19.0. The van der Waals surface area contributed by atoms with Crippen LogP contribution < -0.4 is 4.72 Å². The lowest BCUT2D eigenvalue weighted by molar-refractivity contribution is 0.530. The SMILES string of the molecule is CS(=O)(=O)Nc1nc2n(n1)C(c1ccc(F)cc1)CC(c1ccccc1)=N2. The summed E-state index contributed by atoms with van der Waals surface area (Å²) in [5, 5.41) is 4.26. The molecule has 4 rings (SSSR count). The van der Waals surface area contributed by atoms with Crippen molar-refractivity contribution in [2.45, 2.75) is 12.5 Å². The van der Waals surface area contributed by atoms with Gasteiger partial charge in [-0.2, -0.15) is 4.98 Å². The molecule has 0 bridgehead atoms. The number of aliphatic imine (C=N–C) groups is 1. The Morgan fingerprint density at radius 1 is 1.11 bits per heavy atom. The fourth-order valence-corrected chi connectivity index (χ4v) is 3.42. The molecule has 0 saturated heterocycles. The predicted molar refractivity (Wildman–Crippen MR) is 100 cm³/mol. The first kappa shape index (κ1) is 17.3. The number of nitrogens with one attached hydrogen (secondary N) is 1. The Labute approximate surface area is 155 Å². The summed E-state index contributed by atoms with van der Waals surface area (Å²) in [7, 11) is -3.52. The summed E-state index contributed by atoms with van der Waals surface area (Å²) in [6.45, 7) is 0. The second-order valence-corrected chi connectivity index (χ2v) is 8.00. The normalized spacial score (nSPS) is 16.5. The molecule has 1 unspecified atom stereocenters. The minimum absolute atomic E-state index is 0.0438. The highest BCUT2D eigenvalue weighted by molar-refractivity contribution is 7.91. The van der Waals surface area contributed by atoms with Crippen molar-refractivity contribution in [1.82, 2.24) is 14.8 Å². The third-order valence-electron chi connectivity index (χ3n) is 4.17. The standard InChI is InChI=1S/C18H16FN5O2S/c1-27(25,26)23-17-21-18-20-15(12-5-3-2-4-6-12)11-16(24(18)22-17)13-7-9-14(19)10-8-13/h2-10,16H,11H2,1H3,(H,22,23). The summed E-state index contributed by atoms with van der Waals surface area (Å²) < 4.78 is 40.2. The van der Waals surface area contributed by atoms with Crippen LogP contribution in [0.25, 0.3) is 0 Å². The fraction of sp³-hybridized carbons (Fsp3) is 0.167. The molecule has 7 nitrogen and oxygen atoms in total. The maximum atomic E-state index is 13.3. The van der Waals surface area contributed by atoms with Gasteiger partial charge in [-0.3, -0.25) is 4.72 Å². The number of sulfonamides is 1. The molecule has 0 fully saturated rings. The Hall–Kier alpha value is -3.07. The molecule has 9 heteroatoms. The fourth-order valence-electron chi connectivity index (χ4n) is 3.00. The van der Waals surface area contributed by atoms with Gasteiger partial charge in [-0.25, -0.2) is 22.5 Å². The van der Waals surface area contributed by atoms with E-state index in [-0.39, 0.29) is 17.8 Å². The molecule has 0 saturated carbocycles. The van der Waals surface area contributed by atoms with Gasteiger partial charge in [0.05, 0.1) is 18.0 Å². The Bertz CT molecular complexity index is 1110. The smallest absolute Gasteiger partial charge is 0.250 e. The van der Waals surface area contributed by atoms with Gasteiger partial charge in [-0.1, -0.05) is 42.5 Å². The van der Waals surface area contributed by atoms with Crippen LogP contribution >= 0.6 is 0 Å². The van der Waals surface area contributed by atoms with E-state index >= 15 is 0 Å². The van der Waals surface area contributed by atoms with Crippen LogP contribution in [0.15, 0.2) is 59.6 Å². The molecule has 0 spiro atoms. The van der Waals surface area contributed by atoms with Gasteiger partial charge in [-0.05, 0) is 23.3 Å². The van der Waals surface area contributed by atoms with E-state index in [1.54, 1.807) is 16.8 Å². The van der Waals surface area contributed by atoms with Gasteiger partial charge >= 0.3 is 0 Å². The maximum absolute atomic E-state index is 13.3. The second kappa shape index (κ2) is 6.58. The molecule has 2 heterocycles. The van der Waals surface area contributed by atoms with Crippen LogP contribution in [0.2, 0.25) is 0 Å². The number of halogens is 1. The van der Waals surface area contributed by atoms with Crippen molar-refractivity contribution in [2.24, 2.45) is 4.99 Å². The van der Waals surface area contributed by atoms with Gasteiger partial charge in [-0.15, -0.1) is 5.10 Å². The Kier molecular flexibility index (Phi) is 4.23. The van der Waals surface area contributed by atoms with Crippen molar-refractivity contribution in [3.8, 4) is 0 Å². The summed E-state index contributed by atoms with van der Waals surface area (Å²) >= 11 is 0. The molecule has 27 heavy (non-hydrogen) atoms. The average molecular weight is 385 g/mol. The summed E-state index contributed by atoms with van der Waals surface area (Å²) in [6.07, 6.45) is 1.55. The van der Waals surface area contributed by atoms with Crippen molar-refractivity contribution in [1.29, 1.82) is 0 Å². The van der Waals surface area contributed by atoms with Crippen molar-refractivity contribution in [3.63, 3.8) is 0 Å². The van der Waals surface area contributed by atoms with E-state index in [4.69, 9.17) is 0 Å². The molecule has 1 aromatic heterocycles. The first-order valence-electron chi connectivity index (χ1n) is 8.22. The zero-order valence-electron chi connectivity index (χ0n) is 14.4. The summed E-state index contributed by atoms with van der Waals surface area (Å²) in [5.41, 5.74) is 2.57. The molecule has 1 atom stereocenters. The van der Waals surface area contributed by atoms with Crippen LogP contribution in [0.3, 0.4) is 0 Å². The lowest BCUT2D eigenvalue weighted by Crippen LogP contribution is -2.21. The highest BCUT2D eigenvalue weighted by atomic mass is 32.2. The van der Waals surface area contributed by atoms with E-state index in [1.807, 2.05) is 30.3 Å². The Morgan fingerprint density at radius 3 is 2.48 bits per heavy atom. The average Bonchev–Trinajstić information content (AvgIpc) is 3.02. The lowest BCUT2D eigenvalue weighted by atomic mass is 9.96. The van der Waals surface area contributed by atoms with Gasteiger partial charge in [0, 0.05) is 6.42 Å². The number of rotatable bonds is 4. The molecule has 2 aromatic carbocycles. The zero-order valence-corrected chi connectivity index (χ0v) is 15.2. The van der Waals surface area contributed by atoms with Crippen LogP contribution in [0.4, 0.5) is 16.3 Å². The first-order valence-corrected chi connectivity index (χ1v) is 10.1. The minimum atomic E-state index is -3.52. The molecule has 1 aliphatic heterocycles. The van der Waals surface area contributed by atoms with E-state index < -0.39 is 10.0 Å². The molecule has 1 N–H and O–H groups in total. The van der Waals surface area contributed by atoms with Gasteiger partial charge in [0.2, 0.25) is 10.0 Å². The second-order valence-electron chi connectivity index (χ2n) is 6.25. The van der Waals surface area contributed by atoms with Crippen LogP contribution in [-0.4, -0.2) is 35.1 Å².